The average Bonchev–Trinajstić information content (AvgIpc) is 3.34. The van der Waals surface area contributed by atoms with E-state index in [-0.39, 0.29) is 30.3 Å². The van der Waals surface area contributed by atoms with E-state index in [1.807, 2.05) is 23.1 Å². The van der Waals surface area contributed by atoms with E-state index in [1.54, 1.807) is 35.6 Å². The molecule has 5 rings (SSSR count). The van der Waals surface area contributed by atoms with Crippen molar-refractivity contribution in [2.45, 2.75) is 38.1 Å². The van der Waals surface area contributed by atoms with E-state index in [2.05, 4.69) is 6.07 Å². The summed E-state index contributed by atoms with van der Waals surface area (Å²) in [6, 6.07) is 14.9. The summed E-state index contributed by atoms with van der Waals surface area (Å²) in [5, 5.41) is 0.995. The fraction of sp³-hybridized carbons (Fsp3) is 0.333. The molecule has 1 saturated heterocycles. The molecule has 7 heteroatoms. The molecule has 3 amide bonds. The summed E-state index contributed by atoms with van der Waals surface area (Å²) in [6.45, 7) is 0.990. The highest BCUT2D eigenvalue weighted by atomic mass is 32.1. The molecular weight excluding hydrogens is 410 g/mol. The molecule has 0 aliphatic carbocycles. The maximum absolute atomic E-state index is 13.1. The zero-order valence-corrected chi connectivity index (χ0v) is 17.9. The van der Waals surface area contributed by atoms with Gasteiger partial charge in [-0.25, -0.2) is 4.98 Å². The van der Waals surface area contributed by atoms with Gasteiger partial charge in [-0.15, -0.1) is 11.3 Å². The number of para-hydroxylation sites is 1. The van der Waals surface area contributed by atoms with Crippen molar-refractivity contribution in [3.05, 3.63) is 64.7 Å². The van der Waals surface area contributed by atoms with Crippen molar-refractivity contribution in [2.24, 2.45) is 0 Å². The third-order valence-corrected chi connectivity index (χ3v) is 7.21. The Morgan fingerprint density at radius 2 is 1.71 bits per heavy atom. The molecule has 0 spiro atoms. The second-order valence-corrected chi connectivity index (χ2v) is 9.09. The SMILES string of the molecule is O=C1c2ccccc2C(=O)N1CCCC(=O)N1CCCC[C@H]1c1nc2ccccc2s1. The number of hydrogen-bond donors (Lipinski definition) is 0. The topological polar surface area (TPSA) is 70.6 Å². The fourth-order valence-corrected chi connectivity index (χ4v) is 5.61. The molecule has 2 aromatic carbocycles. The van der Waals surface area contributed by atoms with Crippen LogP contribution in [0.2, 0.25) is 0 Å². The number of likely N-dealkylation sites (tertiary alicyclic amines) is 1. The minimum atomic E-state index is -0.265. The van der Waals surface area contributed by atoms with Crippen molar-refractivity contribution in [3.8, 4) is 0 Å². The van der Waals surface area contributed by atoms with E-state index in [0.29, 0.717) is 24.0 Å². The van der Waals surface area contributed by atoms with Gasteiger partial charge in [-0.05, 0) is 49.9 Å². The van der Waals surface area contributed by atoms with Crippen LogP contribution in [0.5, 0.6) is 0 Å². The molecule has 0 N–H and O–H groups in total. The van der Waals surface area contributed by atoms with Crippen molar-refractivity contribution in [3.63, 3.8) is 0 Å². The van der Waals surface area contributed by atoms with Gasteiger partial charge in [-0.1, -0.05) is 24.3 Å². The van der Waals surface area contributed by atoms with Crippen LogP contribution in [-0.4, -0.2) is 45.6 Å². The lowest BCUT2D eigenvalue weighted by Gasteiger charge is -2.34. The Balaban J connectivity index is 1.24. The normalized spacial score (nSPS) is 18.6. The molecule has 158 valence electrons. The van der Waals surface area contributed by atoms with Gasteiger partial charge in [0.1, 0.15) is 5.01 Å². The Hall–Kier alpha value is -3.06. The second kappa shape index (κ2) is 8.23. The molecule has 2 aliphatic rings. The van der Waals surface area contributed by atoms with Gasteiger partial charge in [-0.3, -0.25) is 19.3 Å². The monoisotopic (exact) mass is 433 g/mol. The van der Waals surface area contributed by atoms with Crippen LogP contribution in [0.3, 0.4) is 0 Å². The molecule has 1 atom stereocenters. The van der Waals surface area contributed by atoms with Crippen molar-refractivity contribution in [1.29, 1.82) is 0 Å². The number of benzene rings is 2. The third kappa shape index (κ3) is 3.63. The van der Waals surface area contributed by atoms with Crippen LogP contribution >= 0.6 is 11.3 Å². The molecule has 31 heavy (non-hydrogen) atoms. The molecule has 3 aromatic rings. The van der Waals surface area contributed by atoms with Crippen molar-refractivity contribution in [1.82, 2.24) is 14.8 Å². The molecular formula is C24H23N3O3S. The molecule has 0 saturated carbocycles. The van der Waals surface area contributed by atoms with Gasteiger partial charge in [0.25, 0.3) is 11.8 Å². The van der Waals surface area contributed by atoms with E-state index in [1.165, 1.54) is 4.90 Å². The summed E-state index contributed by atoms with van der Waals surface area (Å²) in [7, 11) is 0. The van der Waals surface area contributed by atoms with Crippen molar-refractivity contribution < 1.29 is 14.4 Å². The van der Waals surface area contributed by atoms with Gasteiger partial charge >= 0.3 is 0 Å². The summed E-state index contributed by atoms with van der Waals surface area (Å²) in [5.41, 5.74) is 1.88. The zero-order valence-electron chi connectivity index (χ0n) is 17.1. The minimum Gasteiger partial charge on any atom is -0.333 e. The summed E-state index contributed by atoms with van der Waals surface area (Å²) in [4.78, 5) is 46.1. The number of rotatable bonds is 5. The van der Waals surface area contributed by atoms with Crippen LogP contribution in [0.1, 0.15) is 63.9 Å². The van der Waals surface area contributed by atoms with E-state index in [4.69, 9.17) is 4.98 Å². The van der Waals surface area contributed by atoms with E-state index < -0.39 is 0 Å². The van der Waals surface area contributed by atoms with Crippen LogP contribution in [0.15, 0.2) is 48.5 Å². The van der Waals surface area contributed by atoms with Crippen LogP contribution in [0.25, 0.3) is 10.2 Å². The second-order valence-electron chi connectivity index (χ2n) is 8.03. The first-order chi connectivity index (χ1) is 15.1. The van der Waals surface area contributed by atoms with Gasteiger partial charge < -0.3 is 4.90 Å². The molecule has 3 heterocycles. The Bertz CT molecular complexity index is 1100. The number of nitrogens with zero attached hydrogens (tertiary/aromatic N) is 3. The molecule has 1 fully saturated rings. The quantitative estimate of drug-likeness (QED) is 0.558. The lowest BCUT2D eigenvalue weighted by molar-refractivity contribution is -0.135. The molecule has 2 aliphatic heterocycles. The maximum Gasteiger partial charge on any atom is 0.261 e. The van der Waals surface area contributed by atoms with Gasteiger partial charge in [0.2, 0.25) is 5.91 Å². The summed E-state index contributed by atoms with van der Waals surface area (Å²) < 4.78 is 1.14. The van der Waals surface area contributed by atoms with Crippen LogP contribution < -0.4 is 0 Å². The smallest absolute Gasteiger partial charge is 0.261 e. The number of aromatic nitrogens is 1. The molecule has 6 nitrogen and oxygen atoms in total. The fourth-order valence-electron chi connectivity index (χ4n) is 4.49. The van der Waals surface area contributed by atoms with Crippen molar-refractivity contribution in [2.75, 3.05) is 13.1 Å². The number of carbonyl (C=O) groups is 3. The first-order valence-corrected chi connectivity index (χ1v) is 11.6. The first-order valence-electron chi connectivity index (χ1n) is 10.7. The highest BCUT2D eigenvalue weighted by Gasteiger charge is 2.35. The predicted octanol–water partition coefficient (Wildman–Crippen LogP) is 4.43. The first kappa shape index (κ1) is 19.9. The van der Waals surface area contributed by atoms with Gasteiger partial charge in [0.15, 0.2) is 0 Å². The van der Waals surface area contributed by atoms with E-state index in [0.717, 1.165) is 41.0 Å². The summed E-state index contributed by atoms with van der Waals surface area (Å²) >= 11 is 1.66. The predicted molar refractivity (Wildman–Crippen MR) is 119 cm³/mol. The number of piperidine rings is 1. The number of thiazole rings is 1. The Labute approximate surface area is 184 Å². The standard InChI is InChI=1S/C24H23N3O3S/c28-21(13-7-15-27-23(29)16-8-1-2-9-17(16)24(27)30)26-14-6-5-11-19(26)22-25-18-10-3-4-12-20(18)31-22/h1-4,8-10,12,19H,5-7,11,13-15H2/t19-/m0/s1. The number of hydrogen-bond acceptors (Lipinski definition) is 5. The van der Waals surface area contributed by atoms with Gasteiger partial charge in [0, 0.05) is 19.5 Å². The number of amides is 3. The third-order valence-electron chi connectivity index (χ3n) is 6.07. The Kier molecular flexibility index (Phi) is 5.28. The lowest BCUT2D eigenvalue weighted by Crippen LogP contribution is -2.39. The van der Waals surface area contributed by atoms with Crippen LogP contribution in [0.4, 0.5) is 0 Å². The Morgan fingerprint density at radius 1 is 1.00 bits per heavy atom. The van der Waals surface area contributed by atoms with Crippen molar-refractivity contribution >= 4 is 39.3 Å². The van der Waals surface area contributed by atoms with Gasteiger partial charge in [-0.2, -0.15) is 0 Å². The highest BCUT2D eigenvalue weighted by Crippen LogP contribution is 2.36. The number of imide groups is 1. The minimum absolute atomic E-state index is 0.0120. The van der Waals surface area contributed by atoms with Crippen LogP contribution in [0, 0.1) is 0 Å². The Morgan fingerprint density at radius 3 is 2.45 bits per heavy atom. The number of fused-ring (bicyclic) bond motifs is 2. The average molecular weight is 434 g/mol. The lowest BCUT2D eigenvalue weighted by atomic mass is 10.0. The van der Waals surface area contributed by atoms with E-state index in [9.17, 15) is 14.4 Å². The van der Waals surface area contributed by atoms with Crippen LogP contribution in [-0.2, 0) is 4.79 Å². The highest BCUT2D eigenvalue weighted by molar-refractivity contribution is 7.18. The summed E-state index contributed by atoms with van der Waals surface area (Å²) in [6.07, 6.45) is 3.77. The molecule has 1 aromatic heterocycles. The molecule has 0 radical (unpaired) electrons. The van der Waals surface area contributed by atoms with Gasteiger partial charge in [0.05, 0.1) is 27.4 Å². The number of carbonyl (C=O) groups excluding carboxylic acids is 3. The molecule has 0 unspecified atom stereocenters. The maximum atomic E-state index is 13.1. The zero-order chi connectivity index (χ0) is 21.4. The largest absolute Gasteiger partial charge is 0.333 e. The van der Waals surface area contributed by atoms with E-state index >= 15 is 0 Å². The summed E-state index contributed by atoms with van der Waals surface area (Å²) in [5.74, 6) is -0.461. The molecule has 0 bridgehead atoms.